The second kappa shape index (κ2) is 9.04. The Labute approximate surface area is 174 Å². The van der Waals surface area contributed by atoms with Crippen LogP contribution in [-0.4, -0.2) is 10.5 Å². The molecule has 1 amide bonds. The summed E-state index contributed by atoms with van der Waals surface area (Å²) < 4.78 is 44.8. The fourth-order valence-corrected chi connectivity index (χ4v) is 2.83. The summed E-state index contributed by atoms with van der Waals surface area (Å²) in [5.41, 5.74) is -1.37. The number of aromatic nitrogens is 1. The zero-order valence-corrected chi connectivity index (χ0v) is 16.2. The number of halogens is 4. The molecular formula is C21H16ClF3N2O3. The fourth-order valence-electron chi connectivity index (χ4n) is 2.64. The van der Waals surface area contributed by atoms with Crippen molar-refractivity contribution in [2.75, 3.05) is 5.32 Å². The van der Waals surface area contributed by atoms with E-state index < -0.39 is 29.8 Å². The van der Waals surface area contributed by atoms with Gasteiger partial charge in [-0.25, -0.2) is 0 Å². The maximum atomic E-state index is 12.8. The van der Waals surface area contributed by atoms with Gasteiger partial charge in [0, 0.05) is 22.5 Å². The Morgan fingerprint density at radius 2 is 1.73 bits per heavy atom. The summed E-state index contributed by atoms with van der Waals surface area (Å²) in [6, 6.07) is 15.4. The minimum absolute atomic E-state index is 0.268. The molecule has 1 N–H and O–H groups in total. The third-order valence-electron chi connectivity index (χ3n) is 4.13. The lowest BCUT2D eigenvalue weighted by Gasteiger charge is -2.11. The number of carbonyl (C=O) groups excluding carboxylic acids is 1. The van der Waals surface area contributed by atoms with Crippen LogP contribution in [-0.2, 0) is 24.1 Å². The Morgan fingerprint density at radius 1 is 1.03 bits per heavy atom. The number of carbonyl (C=O) groups is 1. The van der Waals surface area contributed by atoms with Gasteiger partial charge in [-0.1, -0.05) is 29.8 Å². The van der Waals surface area contributed by atoms with E-state index in [0.29, 0.717) is 27.1 Å². The standard InChI is InChI=1S/C21H16ClF3N2O3/c22-18-6-2-1-4-14(18)13-30-16-9-7-15(8-10-16)26-19(28)12-27-11-3-5-17(20(27)29)21(23,24)25/h1-11H,12-13H2,(H,26,28). The lowest BCUT2D eigenvalue weighted by atomic mass is 10.2. The molecule has 0 spiro atoms. The Balaban J connectivity index is 1.60. The van der Waals surface area contributed by atoms with Gasteiger partial charge in [-0.3, -0.25) is 9.59 Å². The molecule has 156 valence electrons. The average Bonchev–Trinajstić information content (AvgIpc) is 2.69. The summed E-state index contributed by atoms with van der Waals surface area (Å²) in [4.78, 5) is 24.0. The second-order valence-electron chi connectivity index (χ2n) is 6.31. The molecular weight excluding hydrogens is 421 g/mol. The minimum Gasteiger partial charge on any atom is -0.489 e. The highest BCUT2D eigenvalue weighted by Gasteiger charge is 2.34. The number of ether oxygens (including phenoxy) is 1. The molecule has 0 fully saturated rings. The van der Waals surface area contributed by atoms with Crippen molar-refractivity contribution in [3.63, 3.8) is 0 Å². The summed E-state index contributed by atoms with van der Waals surface area (Å²) in [7, 11) is 0. The molecule has 5 nitrogen and oxygen atoms in total. The molecule has 3 rings (SSSR count). The molecule has 0 aliphatic carbocycles. The summed E-state index contributed by atoms with van der Waals surface area (Å²) >= 11 is 6.07. The zero-order chi connectivity index (χ0) is 21.7. The topological polar surface area (TPSA) is 60.3 Å². The number of hydrogen-bond acceptors (Lipinski definition) is 3. The van der Waals surface area contributed by atoms with Crippen molar-refractivity contribution in [2.24, 2.45) is 0 Å². The van der Waals surface area contributed by atoms with E-state index in [2.05, 4.69) is 5.32 Å². The number of anilines is 1. The molecule has 0 saturated carbocycles. The minimum atomic E-state index is -4.78. The first kappa shape index (κ1) is 21.4. The van der Waals surface area contributed by atoms with E-state index in [1.165, 1.54) is 0 Å². The normalized spacial score (nSPS) is 11.2. The maximum absolute atomic E-state index is 12.8. The third-order valence-corrected chi connectivity index (χ3v) is 4.50. The van der Waals surface area contributed by atoms with Crippen LogP contribution < -0.4 is 15.6 Å². The monoisotopic (exact) mass is 436 g/mol. The summed E-state index contributed by atoms with van der Waals surface area (Å²) in [5.74, 6) is -0.0943. The SMILES string of the molecule is O=C(Cn1cccc(C(F)(F)F)c1=O)Nc1ccc(OCc2ccccc2Cl)cc1. The number of rotatable bonds is 6. The third kappa shape index (κ3) is 5.42. The molecule has 0 saturated heterocycles. The van der Waals surface area contributed by atoms with Gasteiger partial charge in [-0.15, -0.1) is 0 Å². The van der Waals surface area contributed by atoms with Crippen LogP contribution >= 0.6 is 11.6 Å². The maximum Gasteiger partial charge on any atom is 0.421 e. The predicted octanol–water partition coefficient (Wildman–Crippen LogP) is 4.74. The number of pyridine rings is 1. The Bertz CT molecular complexity index is 1100. The highest BCUT2D eigenvalue weighted by atomic mass is 35.5. The smallest absolute Gasteiger partial charge is 0.421 e. The average molecular weight is 437 g/mol. The van der Waals surface area contributed by atoms with Crippen molar-refractivity contribution in [3.8, 4) is 5.75 Å². The molecule has 0 atom stereocenters. The van der Waals surface area contributed by atoms with Crippen LogP contribution in [0.25, 0.3) is 0 Å². The van der Waals surface area contributed by atoms with Crippen LogP contribution in [0.5, 0.6) is 5.75 Å². The van der Waals surface area contributed by atoms with Crippen LogP contribution in [0.4, 0.5) is 18.9 Å². The Hall–Kier alpha value is -3.26. The van der Waals surface area contributed by atoms with Crippen LogP contribution in [0.3, 0.4) is 0 Å². The van der Waals surface area contributed by atoms with Gasteiger partial charge in [0.25, 0.3) is 5.56 Å². The molecule has 0 unspecified atom stereocenters. The van der Waals surface area contributed by atoms with Crippen molar-refractivity contribution in [2.45, 2.75) is 19.3 Å². The summed E-state index contributed by atoms with van der Waals surface area (Å²) in [6.45, 7) is -0.280. The van der Waals surface area contributed by atoms with Crippen molar-refractivity contribution in [3.05, 3.63) is 93.4 Å². The molecule has 0 aliphatic rings. The first-order chi connectivity index (χ1) is 14.2. The predicted molar refractivity (Wildman–Crippen MR) is 107 cm³/mol. The van der Waals surface area contributed by atoms with E-state index in [1.54, 1.807) is 30.3 Å². The van der Waals surface area contributed by atoms with Crippen LogP contribution in [0.2, 0.25) is 5.02 Å². The van der Waals surface area contributed by atoms with E-state index in [0.717, 1.165) is 17.8 Å². The molecule has 0 aliphatic heterocycles. The summed E-state index contributed by atoms with van der Waals surface area (Å²) in [5, 5.41) is 3.12. The van der Waals surface area contributed by atoms with E-state index in [9.17, 15) is 22.8 Å². The second-order valence-corrected chi connectivity index (χ2v) is 6.71. The van der Waals surface area contributed by atoms with Gasteiger partial charge in [0.2, 0.25) is 5.91 Å². The lowest BCUT2D eigenvalue weighted by molar-refractivity contribution is -0.139. The Kier molecular flexibility index (Phi) is 6.47. The highest BCUT2D eigenvalue weighted by molar-refractivity contribution is 6.31. The van der Waals surface area contributed by atoms with Crippen molar-refractivity contribution < 1.29 is 22.7 Å². The molecule has 1 aromatic heterocycles. The van der Waals surface area contributed by atoms with Gasteiger partial charge >= 0.3 is 6.18 Å². The van der Waals surface area contributed by atoms with Crippen LogP contribution in [0, 0.1) is 0 Å². The summed E-state index contributed by atoms with van der Waals surface area (Å²) in [6.07, 6.45) is -3.65. The zero-order valence-electron chi connectivity index (χ0n) is 15.4. The fraction of sp³-hybridized carbons (Fsp3) is 0.143. The molecule has 3 aromatic rings. The lowest BCUT2D eigenvalue weighted by Crippen LogP contribution is -2.31. The van der Waals surface area contributed by atoms with Gasteiger partial charge in [0.1, 0.15) is 24.5 Å². The quantitative estimate of drug-likeness (QED) is 0.607. The molecule has 9 heteroatoms. The van der Waals surface area contributed by atoms with Gasteiger partial charge in [-0.05, 0) is 42.5 Å². The van der Waals surface area contributed by atoms with Gasteiger partial charge in [-0.2, -0.15) is 13.2 Å². The number of amides is 1. The van der Waals surface area contributed by atoms with E-state index in [4.69, 9.17) is 16.3 Å². The number of alkyl halides is 3. The van der Waals surface area contributed by atoms with Gasteiger partial charge < -0.3 is 14.6 Å². The van der Waals surface area contributed by atoms with Crippen LogP contribution in [0.1, 0.15) is 11.1 Å². The Morgan fingerprint density at radius 3 is 2.40 bits per heavy atom. The molecule has 0 radical (unpaired) electrons. The highest BCUT2D eigenvalue weighted by Crippen LogP contribution is 2.26. The molecule has 0 bridgehead atoms. The van der Waals surface area contributed by atoms with Crippen molar-refractivity contribution in [1.29, 1.82) is 0 Å². The van der Waals surface area contributed by atoms with E-state index >= 15 is 0 Å². The number of hydrogen-bond donors (Lipinski definition) is 1. The molecule has 1 heterocycles. The number of benzene rings is 2. The van der Waals surface area contributed by atoms with E-state index in [-0.39, 0.29) is 6.61 Å². The van der Waals surface area contributed by atoms with Gasteiger partial charge in [0.05, 0.1) is 0 Å². The first-order valence-electron chi connectivity index (χ1n) is 8.77. The first-order valence-corrected chi connectivity index (χ1v) is 9.14. The number of nitrogens with one attached hydrogen (secondary N) is 1. The van der Waals surface area contributed by atoms with Crippen molar-refractivity contribution >= 4 is 23.2 Å². The molecule has 2 aromatic carbocycles. The van der Waals surface area contributed by atoms with E-state index in [1.807, 2.05) is 18.2 Å². The van der Waals surface area contributed by atoms with Crippen molar-refractivity contribution in [1.82, 2.24) is 4.57 Å². The van der Waals surface area contributed by atoms with Gasteiger partial charge in [0.15, 0.2) is 0 Å². The largest absolute Gasteiger partial charge is 0.489 e. The van der Waals surface area contributed by atoms with Crippen LogP contribution in [0.15, 0.2) is 71.7 Å². The molecule has 30 heavy (non-hydrogen) atoms. The number of nitrogens with zero attached hydrogens (tertiary/aromatic N) is 1.